The molecule has 3 nitrogen and oxygen atoms in total. The van der Waals surface area contributed by atoms with E-state index in [1.54, 1.807) is 0 Å². The van der Waals surface area contributed by atoms with E-state index >= 15 is 0 Å². The maximum absolute atomic E-state index is 10.8. The summed E-state index contributed by atoms with van der Waals surface area (Å²) >= 11 is 0. The molecule has 2 unspecified atom stereocenters. The summed E-state index contributed by atoms with van der Waals surface area (Å²) in [7, 11) is 2.17. The third-order valence-electron chi connectivity index (χ3n) is 4.32. The smallest absolute Gasteiger partial charge is 0.217 e. The molecule has 0 spiro atoms. The lowest BCUT2D eigenvalue weighted by molar-refractivity contribution is -0.118. The van der Waals surface area contributed by atoms with E-state index in [1.165, 1.54) is 12.8 Å². The quantitative estimate of drug-likeness (QED) is 0.775. The highest BCUT2D eigenvalue weighted by atomic mass is 16.1. The van der Waals surface area contributed by atoms with Crippen LogP contribution in [-0.2, 0) is 4.79 Å². The van der Waals surface area contributed by atoms with Crippen molar-refractivity contribution >= 4 is 5.91 Å². The summed E-state index contributed by atoms with van der Waals surface area (Å²) in [5.74, 6) is 0.534. The van der Waals surface area contributed by atoms with Crippen LogP contribution in [0, 0.1) is 5.92 Å². The van der Waals surface area contributed by atoms with Gasteiger partial charge in [0.2, 0.25) is 5.91 Å². The summed E-state index contributed by atoms with van der Waals surface area (Å²) in [6.45, 7) is 6.88. The molecule has 3 heteroatoms. The second kappa shape index (κ2) is 4.52. The van der Waals surface area contributed by atoms with Crippen LogP contribution >= 0.6 is 0 Å². The van der Waals surface area contributed by atoms with Crippen molar-refractivity contribution in [2.75, 3.05) is 7.05 Å². The summed E-state index contributed by atoms with van der Waals surface area (Å²) in [4.78, 5) is 13.2. The number of carbonyl (C=O) groups excluding carboxylic acids is 1. The number of likely N-dealkylation sites (tertiary alicyclic amines) is 1. The van der Waals surface area contributed by atoms with Crippen LogP contribution < -0.4 is 5.73 Å². The predicted molar refractivity (Wildman–Crippen MR) is 62.5 cm³/mol. The first-order valence-corrected chi connectivity index (χ1v) is 5.87. The lowest BCUT2D eigenvalue weighted by atomic mass is 9.77. The Balaban J connectivity index is 2.57. The third-order valence-corrected chi connectivity index (χ3v) is 4.32. The Bertz CT molecular complexity index is 238. The minimum Gasteiger partial charge on any atom is -0.370 e. The summed E-state index contributed by atoms with van der Waals surface area (Å²) in [5, 5.41) is 0. The topological polar surface area (TPSA) is 46.3 Å². The van der Waals surface area contributed by atoms with E-state index in [4.69, 9.17) is 5.73 Å². The first kappa shape index (κ1) is 12.5. The number of piperidine rings is 1. The number of amides is 1. The number of carbonyl (C=O) groups is 1. The Labute approximate surface area is 93.0 Å². The fraction of sp³-hybridized carbons (Fsp3) is 0.917. The summed E-state index contributed by atoms with van der Waals surface area (Å²) in [6, 6.07) is 0.517. The summed E-state index contributed by atoms with van der Waals surface area (Å²) in [5.41, 5.74) is 5.43. The number of hydrogen-bond acceptors (Lipinski definition) is 2. The molecular formula is C12H24N2O. The largest absolute Gasteiger partial charge is 0.370 e. The van der Waals surface area contributed by atoms with E-state index in [0.29, 0.717) is 18.4 Å². The second-order valence-corrected chi connectivity index (χ2v) is 5.40. The minimum absolute atomic E-state index is 0.181. The van der Waals surface area contributed by atoms with E-state index < -0.39 is 0 Å². The van der Waals surface area contributed by atoms with Crippen LogP contribution in [-0.4, -0.2) is 29.4 Å². The highest BCUT2D eigenvalue weighted by Gasteiger charge is 2.38. The zero-order valence-electron chi connectivity index (χ0n) is 10.4. The number of rotatable bonds is 3. The molecule has 1 fully saturated rings. The van der Waals surface area contributed by atoms with E-state index in [-0.39, 0.29) is 11.4 Å². The molecule has 1 amide bonds. The standard InChI is InChI=1S/C12H24N2O/c1-9-5-6-10(7-8-11(13)15)14(4)12(9,2)3/h9-10H,5-8H2,1-4H3,(H2,13,15). The Morgan fingerprint density at radius 1 is 1.47 bits per heavy atom. The molecule has 1 rings (SSSR count). The van der Waals surface area contributed by atoms with Crippen molar-refractivity contribution < 1.29 is 4.79 Å². The van der Waals surface area contributed by atoms with E-state index in [1.807, 2.05) is 0 Å². The van der Waals surface area contributed by atoms with Crippen molar-refractivity contribution in [3.05, 3.63) is 0 Å². The molecule has 0 aliphatic carbocycles. The average molecular weight is 212 g/mol. The molecule has 1 saturated heterocycles. The van der Waals surface area contributed by atoms with Gasteiger partial charge in [0.1, 0.15) is 0 Å². The lowest BCUT2D eigenvalue weighted by Gasteiger charge is -2.49. The van der Waals surface area contributed by atoms with Gasteiger partial charge in [-0.2, -0.15) is 0 Å². The first-order valence-electron chi connectivity index (χ1n) is 5.87. The zero-order valence-corrected chi connectivity index (χ0v) is 10.4. The van der Waals surface area contributed by atoms with Crippen molar-refractivity contribution in [1.82, 2.24) is 4.90 Å². The fourth-order valence-corrected chi connectivity index (χ4v) is 2.45. The highest BCUT2D eigenvalue weighted by molar-refractivity contribution is 5.73. The second-order valence-electron chi connectivity index (χ2n) is 5.40. The van der Waals surface area contributed by atoms with E-state index in [9.17, 15) is 4.79 Å². The maximum Gasteiger partial charge on any atom is 0.217 e. The SMILES string of the molecule is CC1CCC(CCC(N)=O)N(C)C1(C)C. The van der Waals surface area contributed by atoms with Crippen LogP contribution in [0.5, 0.6) is 0 Å². The van der Waals surface area contributed by atoms with E-state index in [2.05, 4.69) is 32.7 Å². The van der Waals surface area contributed by atoms with Crippen molar-refractivity contribution in [1.29, 1.82) is 0 Å². The van der Waals surface area contributed by atoms with Crippen molar-refractivity contribution in [2.45, 2.75) is 58.0 Å². The van der Waals surface area contributed by atoms with Crippen molar-refractivity contribution in [3.63, 3.8) is 0 Å². The average Bonchev–Trinajstić information content (AvgIpc) is 2.14. The molecule has 1 heterocycles. The van der Waals surface area contributed by atoms with Gasteiger partial charge >= 0.3 is 0 Å². The van der Waals surface area contributed by atoms with Crippen LogP contribution in [0.15, 0.2) is 0 Å². The maximum atomic E-state index is 10.8. The molecule has 0 aromatic rings. The van der Waals surface area contributed by atoms with Crippen LogP contribution in [0.4, 0.5) is 0 Å². The number of nitrogens with zero attached hydrogens (tertiary/aromatic N) is 1. The highest BCUT2D eigenvalue weighted by Crippen LogP contribution is 2.36. The molecule has 0 saturated carbocycles. The lowest BCUT2D eigenvalue weighted by Crippen LogP contribution is -2.55. The Morgan fingerprint density at radius 2 is 2.07 bits per heavy atom. The zero-order chi connectivity index (χ0) is 11.6. The third kappa shape index (κ3) is 2.71. The van der Waals surface area contributed by atoms with Gasteiger partial charge in [-0.1, -0.05) is 6.92 Å². The van der Waals surface area contributed by atoms with Gasteiger partial charge in [0.05, 0.1) is 0 Å². The van der Waals surface area contributed by atoms with Gasteiger partial charge in [-0.3, -0.25) is 9.69 Å². The Morgan fingerprint density at radius 3 is 2.60 bits per heavy atom. The number of nitrogens with two attached hydrogens (primary N) is 1. The first-order chi connectivity index (χ1) is 6.85. The normalized spacial score (nSPS) is 31.5. The molecule has 0 bridgehead atoms. The molecule has 15 heavy (non-hydrogen) atoms. The van der Waals surface area contributed by atoms with Crippen LogP contribution in [0.25, 0.3) is 0 Å². The Hall–Kier alpha value is -0.570. The van der Waals surface area contributed by atoms with Crippen LogP contribution in [0.1, 0.15) is 46.5 Å². The molecule has 0 aromatic carbocycles. The predicted octanol–water partition coefficient (Wildman–Crippen LogP) is 1.76. The molecule has 1 aliphatic rings. The van der Waals surface area contributed by atoms with Crippen molar-refractivity contribution in [2.24, 2.45) is 11.7 Å². The fourth-order valence-electron chi connectivity index (χ4n) is 2.45. The molecule has 88 valence electrons. The molecule has 0 aromatic heterocycles. The van der Waals surface area contributed by atoms with Crippen LogP contribution in [0.3, 0.4) is 0 Å². The van der Waals surface area contributed by atoms with Crippen molar-refractivity contribution in [3.8, 4) is 0 Å². The molecule has 0 radical (unpaired) electrons. The van der Waals surface area contributed by atoms with Gasteiger partial charge in [0, 0.05) is 18.0 Å². The van der Waals surface area contributed by atoms with Gasteiger partial charge < -0.3 is 5.73 Å². The number of hydrogen-bond donors (Lipinski definition) is 1. The van der Waals surface area contributed by atoms with Gasteiger partial charge in [-0.15, -0.1) is 0 Å². The molecular weight excluding hydrogens is 188 g/mol. The van der Waals surface area contributed by atoms with E-state index in [0.717, 1.165) is 6.42 Å². The molecule has 2 N–H and O–H groups in total. The Kier molecular flexibility index (Phi) is 3.77. The summed E-state index contributed by atoms with van der Waals surface area (Å²) < 4.78 is 0. The van der Waals surface area contributed by atoms with Gasteiger partial charge in [-0.05, 0) is 46.1 Å². The monoisotopic (exact) mass is 212 g/mol. The van der Waals surface area contributed by atoms with Crippen LogP contribution in [0.2, 0.25) is 0 Å². The molecule has 1 aliphatic heterocycles. The number of primary amides is 1. The molecule has 2 atom stereocenters. The van der Waals surface area contributed by atoms with Gasteiger partial charge in [0.15, 0.2) is 0 Å². The minimum atomic E-state index is -0.181. The summed E-state index contributed by atoms with van der Waals surface area (Å²) in [6.07, 6.45) is 3.86. The van der Waals surface area contributed by atoms with Gasteiger partial charge in [-0.25, -0.2) is 0 Å². The van der Waals surface area contributed by atoms with Gasteiger partial charge in [0.25, 0.3) is 0 Å².